The number of hydrogen-bond acceptors (Lipinski definition) is 3. The topological polar surface area (TPSA) is 47.6 Å². The van der Waals surface area contributed by atoms with E-state index >= 15 is 0 Å². The van der Waals surface area contributed by atoms with Gasteiger partial charge in [-0.05, 0) is 49.9 Å². The number of carbonyl (C=O) groups is 1. The lowest BCUT2D eigenvalue weighted by atomic mass is 10.0. The van der Waals surface area contributed by atoms with E-state index in [0.29, 0.717) is 19.1 Å². The van der Waals surface area contributed by atoms with E-state index in [2.05, 4.69) is 31.3 Å². The maximum Gasteiger partial charge on any atom is 0.261 e. The number of carbonyl (C=O) groups excluding carboxylic acids is 1. The molecule has 140 valence electrons. The standard InChI is InChI=1S/C22H29NO3/c1-6-25-20-10-8-7-9-18(20)14-23-22(24)17(5)26-21-13-16(4)11-12-19(21)15(2)3/h7-13,15,17H,6,14H2,1-5H3,(H,23,24)/t17-/m1/s1. The Morgan fingerprint density at radius 2 is 1.81 bits per heavy atom. The van der Waals surface area contributed by atoms with Crippen LogP contribution < -0.4 is 14.8 Å². The zero-order chi connectivity index (χ0) is 19.1. The van der Waals surface area contributed by atoms with E-state index in [1.165, 1.54) is 0 Å². The first-order chi connectivity index (χ1) is 12.4. The first-order valence-corrected chi connectivity index (χ1v) is 9.18. The Bertz CT molecular complexity index is 740. The molecule has 2 rings (SSSR count). The number of para-hydroxylation sites is 1. The maximum atomic E-state index is 12.5. The fraction of sp³-hybridized carbons (Fsp3) is 0.409. The molecule has 0 saturated heterocycles. The SMILES string of the molecule is CCOc1ccccc1CNC(=O)[C@@H](C)Oc1cc(C)ccc1C(C)C. The summed E-state index contributed by atoms with van der Waals surface area (Å²) in [7, 11) is 0. The Labute approximate surface area is 156 Å². The highest BCUT2D eigenvalue weighted by Crippen LogP contribution is 2.28. The molecule has 0 aliphatic heterocycles. The van der Waals surface area contributed by atoms with Crippen LogP contribution in [0.3, 0.4) is 0 Å². The number of hydrogen-bond donors (Lipinski definition) is 1. The molecule has 4 heteroatoms. The predicted molar refractivity (Wildman–Crippen MR) is 105 cm³/mol. The van der Waals surface area contributed by atoms with Crippen molar-refractivity contribution in [2.45, 2.75) is 53.2 Å². The maximum absolute atomic E-state index is 12.5. The molecule has 0 heterocycles. The number of amides is 1. The predicted octanol–water partition coefficient (Wildman–Crippen LogP) is 4.60. The Morgan fingerprint density at radius 1 is 1.08 bits per heavy atom. The summed E-state index contributed by atoms with van der Waals surface area (Å²) in [5, 5.41) is 2.94. The molecular formula is C22H29NO3. The summed E-state index contributed by atoms with van der Waals surface area (Å²) in [5.41, 5.74) is 3.17. The van der Waals surface area contributed by atoms with E-state index in [0.717, 1.165) is 28.2 Å². The molecule has 0 fully saturated rings. The Balaban J connectivity index is 2.02. The van der Waals surface area contributed by atoms with Gasteiger partial charge in [-0.2, -0.15) is 0 Å². The van der Waals surface area contributed by atoms with Gasteiger partial charge < -0.3 is 14.8 Å². The molecule has 1 amide bonds. The van der Waals surface area contributed by atoms with E-state index in [-0.39, 0.29) is 5.91 Å². The highest BCUT2D eigenvalue weighted by atomic mass is 16.5. The summed E-state index contributed by atoms with van der Waals surface area (Å²) in [6.45, 7) is 11.0. The Hall–Kier alpha value is -2.49. The second-order valence-electron chi connectivity index (χ2n) is 6.71. The molecule has 4 nitrogen and oxygen atoms in total. The van der Waals surface area contributed by atoms with Crippen LogP contribution in [0.1, 0.15) is 50.3 Å². The van der Waals surface area contributed by atoms with Gasteiger partial charge in [0.05, 0.1) is 6.61 Å². The van der Waals surface area contributed by atoms with Gasteiger partial charge in [0.2, 0.25) is 0 Å². The Morgan fingerprint density at radius 3 is 2.50 bits per heavy atom. The fourth-order valence-corrected chi connectivity index (χ4v) is 2.74. The van der Waals surface area contributed by atoms with Crippen LogP contribution in [0.25, 0.3) is 0 Å². The minimum atomic E-state index is -0.575. The summed E-state index contributed by atoms with van der Waals surface area (Å²) in [6, 6.07) is 13.8. The van der Waals surface area contributed by atoms with Crippen molar-refractivity contribution in [3.05, 3.63) is 59.2 Å². The molecule has 0 aromatic heterocycles. The number of nitrogens with one attached hydrogen (secondary N) is 1. The molecule has 1 atom stereocenters. The third kappa shape index (κ3) is 5.25. The summed E-state index contributed by atoms with van der Waals surface area (Å²) in [5.74, 6) is 1.76. The second kappa shape index (κ2) is 9.27. The molecule has 1 N–H and O–H groups in total. The lowest BCUT2D eigenvalue weighted by Crippen LogP contribution is -2.36. The van der Waals surface area contributed by atoms with Gasteiger partial charge in [0.1, 0.15) is 11.5 Å². The summed E-state index contributed by atoms with van der Waals surface area (Å²) in [6.07, 6.45) is -0.575. The van der Waals surface area contributed by atoms with Gasteiger partial charge in [-0.15, -0.1) is 0 Å². The van der Waals surface area contributed by atoms with E-state index < -0.39 is 6.10 Å². The third-order valence-corrected chi connectivity index (χ3v) is 4.19. The average Bonchev–Trinajstić information content (AvgIpc) is 2.60. The zero-order valence-corrected chi connectivity index (χ0v) is 16.3. The van der Waals surface area contributed by atoms with E-state index in [4.69, 9.17) is 9.47 Å². The van der Waals surface area contributed by atoms with Gasteiger partial charge in [-0.25, -0.2) is 0 Å². The van der Waals surface area contributed by atoms with Gasteiger partial charge >= 0.3 is 0 Å². The van der Waals surface area contributed by atoms with Crippen LogP contribution in [0, 0.1) is 6.92 Å². The van der Waals surface area contributed by atoms with Gasteiger partial charge in [-0.3, -0.25) is 4.79 Å². The molecule has 0 aliphatic carbocycles. The zero-order valence-electron chi connectivity index (χ0n) is 16.3. The molecule has 0 spiro atoms. The highest BCUT2D eigenvalue weighted by Gasteiger charge is 2.18. The minimum absolute atomic E-state index is 0.146. The second-order valence-corrected chi connectivity index (χ2v) is 6.71. The third-order valence-electron chi connectivity index (χ3n) is 4.19. The summed E-state index contributed by atoms with van der Waals surface area (Å²) in [4.78, 5) is 12.5. The van der Waals surface area contributed by atoms with Crippen LogP contribution in [0.4, 0.5) is 0 Å². The van der Waals surface area contributed by atoms with E-state index in [1.54, 1.807) is 6.92 Å². The molecule has 2 aromatic rings. The van der Waals surface area contributed by atoms with Crippen LogP contribution in [-0.2, 0) is 11.3 Å². The Kier molecular flexibility index (Phi) is 7.07. The van der Waals surface area contributed by atoms with Gasteiger partial charge in [0.25, 0.3) is 5.91 Å². The van der Waals surface area contributed by atoms with Gasteiger partial charge in [-0.1, -0.05) is 44.2 Å². The number of benzene rings is 2. The van der Waals surface area contributed by atoms with Crippen molar-refractivity contribution in [2.75, 3.05) is 6.61 Å². The van der Waals surface area contributed by atoms with Crippen molar-refractivity contribution in [3.63, 3.8) is 0 Å². The van der Waals surface area contributed by atoms with Crippen molar-refractivity contribution in [2.24, 2.45) is 0 Å². The molecule has 0 radical (unpaired) electrons. The van der Waals surface area contributed by atoms with Crippen LogP contribution in [-0.4, -0.2) is 18.6 Å². The van der Waals surface area contributed by atoms with Crippen LogP contribution in [0.15, 0.2) is 42.5 Å². The monoisotopic (exact) mass is 355 g/mol. The van der Waals surface area contributed by atoms with Crippen LogP contribution in [0.2, 0.25) is 0 Å². The smallest absolute Gasteiger partial charge is 0.261 e. The number of rotatable bonds is 8. The van der Waals surface area contributed by atoms with Gasteiger partial charge in [0.15, 0.2) is 6.10 Å². The van der Waals surface area contributed by atoms with Crippen molar-refractivity contribution in [3.8, 4) is 11.5 Å². The lowest BCUT2D eigenvalue weighted by molar-refractivity contribution is -0.127. The largest absolute Gasteiger partial charge is 0.494 e. The quantitative estimate of drug-likeness (QED) is 0.753. The molecule has 0 saturated carbocycles. The molecule has 0 unspecified atom stereocenters. The fourth-order valence-electron chi connectivity index (χ4n) is 2.74. The van der Waals surface area contributed by atoms with Crippen molar-refractivity contribution in [1.29, 1.82) is 0 Å². The number of ether oxygens (including phenoxy) is 2. The molecular weight excluding hydrogens is 326 g/mol. The van der Waals surface area contributed by atoms with Crippen molar-refractivity contribution < 1.29 is 14.3 Å². The molecule has 26 heavy (non-hydrogen) atoms. The number of aryl methyl sites for hydroxylation is 1. The minimum Gasteiger partial charge on any atom is -0.494 e. The van der Waals surface area contributed by atoms with E-state index in [1.807, 2.05) is 44.2 Å². The summed E-state index contributed by atoms with van der Waals surface area (Å²) >= 11 is 0. The molecule has 2 aromatic carbocycles. The van der Waals surface area contributed by atoms with Crippen LogP contribution >= 0.6 is 0 Å². The lowest BCUT2D eigenvalue weighted by Gasteiger charge is -2.19. The highest BCUT2D eigenvalue weighted by molar-refractivity contribution is 5.80. The first-order valence-electron chi connectivity index (χ1n) is 9.18. The molecule has 0 aliphatic rings. The average molecular weight is 355 g/mol. The first kappa shape index (κ1) is 19.8. The summed E-state index contributed by atoms with van der Waals surface area (Å²) < 4.78 is 11.6. The van der Waals surface area contributed by atoms with Crippen LogP contribution in [0.5, 0.6) is 11.5 Å². The van der Waals surface area contributed by atoms with E-state index in [9.17, 15) is 4.79 Å². The normalized spacial score (nSPS) is 11.9. The van der Waals surface area contributed by atoms with Crippen molar-refractivity contribution >= 4 is 5.91 Å². The van der Waals surface area contributed by atoms with Crippen molar-refractivity contribution in [1.82, 2.24) is 5.32 Å². The van der Waals surface area contributed by atoms with Gasteiger partial charge in [0, 0.05) is 12.1 Å². The molecule has 0 bridgehead atoms.